The molecule has 3 aromatic rings. The second-order valence-electron chi connectivity index (χ2n) is 6.21. The van der Waals surface area contributed by atoms with E-state index in [1.165, 1.54) is 0 Å². The summed E-state index contributed by atoms with van der Waals surface area (Å²) in [5, 5.41) is 4.24. The zero-order valence-corrected chi connectivity index (χ0v) is 15.3. The summed E-state index contributed by atoms with van der Waals surface area (Å²) < 4.78 is 1.56. The molecule has 0 aliphatic heterocycles. The minimum absolute atomic E-state index is 0.122. The van der Waals surface area contributed by atoms with Crippen molar-refractivity contribution >= 4 is 17.0 Å². The molecular formula is C19H24N7O-. The summed E-state index contributed by atoms with van der Waals surface area (Å²) >= 11 is 0. The highest BCUT2D eigenvalue weighted by atomic mass is 16.1. The van der Waals surface area contributed by atoms with Gasteiger partial charge in [0.15, 0.2) is 5.96 Å². The number of H-pyrrole nitrogens is 1. The topological polar surface area (TPSA) is 127 Å². The summed E-state index contributed by atoms with van der Waals surface area (Å²) in [5.74, 6) is 0.122. The fourth-order valence-electron chi connectivity index (χ4n) is 2.78. The third-order valence-electron chi connectivity index (χ3n) is 4.19. The number of rotatable bonds is 8. The number of hydrogen-bond acceptors (Lipinski definition) is 4. The van der Waals surface area contributed by atoms with Crippen LogP contribution in [-0.2, 0) is 6.54 Å². The standard InChI is InChI=1S/C19H24N7O/c1-2-15-10-14-12-26(19(27)25-17(14)24-15)16-6-4-13(5-7-16)11-22-8-3-9-23-18(20)21/h2,4-7,10,12,22H,3,8-9,11H2,1H3,(H4,20,21,23)(H,24,25,27)/q-1. The first-order chi connectivity index (χ1) is 13.1. The molecule has 0 unspecified atom stereocenters. The van der Waals surface area contributed by atoms with E-state index in [-0.39, 0.29) is 11.6 Å². The summed E-state index contributed by atoms with van der Waals surface area (Å²) in [5.41, 5.74) is 13.7. The fourth-order valence-corrected chi connectivity index (χ4v) is 2.78. The van der Waals surface area contributed by atoms with Gasteiger partial charge in [0.1, 0.15) is 5.65 Å². The number of fused-ring (bicyclic) bond motifs is 1. The molecule has 0 bridgehead atoms. The van der Waals surface area contributed by atoms with Crippen molar-refractivity contribution in [2.75, 3.05) is 13.1 Å². The Kier molecular flexibility index (Phi) is 5.77. The highest BCUT2D eigenvalue weighted by Gasteiger charge is 2.04. The molecule has 0 atom stereocenters. The third kappa shape index (κ3) is 4.68. The molecule has 2 heterocycles. The number of aromatic amines is 1. The van der Waals surface area contributed by atoms with Crippen LogP contribution in [0.15, 0.2) is 46.3 Å². The van der Waals surface area contributed by atoms with E-state index < -0.39 is 0 Å². The summed E-state index contributed by atoms with van der Waals surface area (Å²) in [6, 6.07) is 9.81. The van der Waals surface area contributed by atoms with Crippen molar-refractivity contribution in [1.82, 2.24) is 19.9 Å². The first-order valence-corrected chi connectivity index (χ1v) is 8.84. The number of nitrogens with zero attached hydrogens (tertiary/aromatic N) is 3. The highest BCUT2D eigenvalue weighted by molar-refractivity contribution is 5.76. The van der Waals surface area contributed by atoms with Gasteiger partial charge in [0.2, 0.25) is 0 Å². The smallest absolute Gasteiger partial charge is 0.354 e. The lowest BCUT2D eigenvalue weighted by atomic mass is 10.2. The van der Waals surface area contributed by atoms with Crippen LogP contribution in [-0.4, -0.2) is 33.6 Å². The lowest BCUT2D eigenvalue weighted by Gasteiger charge is -2.08. The van der Waals surface area contributed by atoms with Gasteiger partial charge in [-0.15, -0.1) is 12.6 Å². The molecule has 3 rings (SSSR count). The number of aliphatic imine (C=N–C) groups is 1. The van der Waals surface area contributed by atoms with E-state index in [0.29, 0.717) is 12.2 Å². The van der Waals surface area contributed by atoms with Crippen molar-refractivity contribution < 1.29 is 0 Å². The molecule has 0 saturated carbocycles. The van der Waals surface area contributed by atoms with Crippen molar-refractivity contribution in [3.8, 4) is 5.69 Å². The zero-order valence-electron chi connectivity index (χ0n) is 15.3. The van der Waals surface area contributed by atoms with Gasteiger partial charge in [0.25, 0.3) is 0 Å². The lowest BCUT2D eigenvalue weighted by Crippen LogP contribution is -2.23. The Bertz CT molecular complexity index is 981. The maximum Gasteiger partial charge on any atom is 0.354 e. The minimum atomic E-state index is -0.308. The van der Waals surface area contributed by atoms with Crippen molar-refractivity contribution in [2.24, 2.45) is 16.5 Å². The van der Waals surface area contributed by atoms with Crippen LogP contribution in [0.5, 0.6) is 0 Å². The van der Waals surface area contributed by atoms with Crippen LogP contribution in [0.4, 0.5) is 0 Å². The fraction of sp³-hybridized carbons (Fsp3) is 0.263. The van der Waals surface area contributed by atoms with Gasteiger partial charge in [-0.3, -0.25) is 9.56 Å². The Labute approximate surface area is 157 Å². The van der Waals surface area contributed by atoms with Crippen LogP contribution in [0.3, 0.4) is 0 Å². The van der Waals surface area contributed by atoms with Crippen LogP contribution in [0.2, 0.25) is 0 Å². The lowest BCUT2D eigenvalue weighted by molar-refractivity contribution is 0.655. The number of hydrogen-bond donors (Lipinski definition) is 4. The average molecular weight is 366 g/mol. The van der Waals surface area contributed by atoms with E-state index in [1.807, 2.05) is 49.9 Å². The SMILES string of the molecule is C[CH-]c1cc2cn(-c3ccc(CNCCCN=C(N)N)cc3)c(=O)nc2[nH]1. The highest BCUT2D eigenvalue weighted by Crippen LogP contribution is 2.15. The monoisotopic (exact) mass is 366 g/mol. The van der Waals surface area contributed by atoms with E-state index in [0.717, 1.165) is 41.8 Å². The van der Waals surface area contributed by atoms with E-state index in [2.05, 4.69) is 20.3 Å². The van der Waals surface area contributed by atoms with E-state index in [9.17, 15) is 4.79 Å². The molecule has 142 valence electrons. The molecule has 6 N–H and O–H groups in total. The second-order valence-corrected chi connectivity index (χ2v) is 6.21. The van der Waals surface area contributed by atoms with E-state index in [4.69, 9.17) is 11.5 Å². The maximum atomic E-state index is 12.3. The predicted octanol–water partition coefficient (Wildman–Crippen LogP) is 1.04. The molecular weight excluding hydrogens is 342 g/mol. The van der Waals surface area contributed by atoms with Gasteiger partial charge in [-0.25, -0.2) is 11.2 Å². The molecule has 0 fully saturated rings. The van der Waals surface area contributed by atoms with E-state index in [1.54, 1.807) is 4.57 Å². The average Bonchev–Trinajstić information content (AvgIpc) is 3.06. The predicted molar refractivity (Wildman–Crippen MR) is 108 cm³/mol. The first-order valence-electron chi connectivity index (χ1n) is 8.84. The summed E-state index contributed by atoms with van der Waals surface area (Å²) in [4.78, 5) is 23.5. The molecule has 0 aliphatic carbocycles. The molecule has 8 heteroatoms. The Morgan fingerprint density at radius 3 is 2.81 bits per heavy atom. The number of nitrogens with two attached hydrogens (primary N) is 2. The molecule has 0 saturated heterocycles. The Hall–Kier alpha value is -3.26. The van der Waals surface area contributed by atoms with Gasteiger partial charge in [-0.2, -0.15) is 11.1 Å². The molecule has 0 spiro atoms. The van der Waals surface area contributed by atoms with Gasteiger partial charge in [-0.1, -0.05) is 12.1 Å². The van der Waals surface area contributed by atoms with Crippen LogP contribution in [0, 0.1) is 6.42 Å². The third-order valence-corrected chi connectivity index (χ3v) is 4.19. The van der Waals surface area contributed by atoms with Gasteiger partial charge in [0, 0.05) is 19.3 Å². The first kappa shape index (κ1) is 18.5. The number of benzene rings is 1. The van der Waals surface area contributed by atoms with Crippen LogP contribution < -0.4 is 22.5 Å². The number of nitrogens with one attached hydrogen (secondary N) is 2. The summed E-state index contributed by atoms with van der Waals surface area (Å²) in [6.07, 6.45) is 4.62. The molecule has 2 aromatic heterocycles. The number of guanidine groups is 1. The van der Waals surface area contributed by atoms with E-state index >= 15 is 0 Å². The Morgan fingerprint density at radius 1 is 1.33 bits per heavy atom. The van der Waals surface area contributed by atoms with Gasteiger partial charge < -0.3 is 21.8 Å². The molecule has 0 radical (unpaired) electrons. The second kappa shape index (κ2) is 8.41. The molecule has 0 aliphatic rings. The van der Waals surface area contributed by atoms with Crippen molar-refractivity contribution in [2.45, 2.75) is 19.9 Å². The van der Waals surface area contributed by atoms with Gasteiger partial charge in [-0.05, 0) is 36.0 Å². The molecule has 8 nitrogen and oxygen atoms in total. The van der Waals surface area contributed by atoms with Crippen molar-refractivity contribution in [1.29, 1.82) is 0 Å². The summed E-state index contributed by atoms with van der Waals surface area (Å²) in [7, 11) is 0. The van der Waals surface area contributed by atoms with Gasteiger partial charge >= 0.3 is 5.69 Å². The van der Waals surface area contributed by atoms with Crippen LogP contribution >= 0.6 is 0 Å². The largest absolute Gasteiger partial charge is 0.375 e. The zero-order chi connectivity index (χ0) is 19.2. The normalized spacial score (nSPS) is 10.9. The van der Waals surface area contributed by atoms with Crippen molar-refractivity contribution in [3.05, 3.63) is 64.7 Å². The molecule has 0 amide bonds. The molecule has 27 heavy (non-hydrogen) atoms. The van der Waals surface area contributed by atoms with Crippen LogP contribution in [0.25, 0.3) is 16.7 Å². The Morgan fingerprint density at radius 2 is 2.11 bits per heavy atom. The maximum absolute atomic E-state index is 12.3. The summed E-state index contributed by atoms with van der Waals surface area (Å²) in [6.45, 7) is 4.11. The molecule has 1 aromatic carbocycles. The van der Waals surface area contributed by atoms with Gasteiger partial charge in [0.05, 0.1) is 5.69 Å². The number of aromatic nitrogens is 3. The quantitative estimate of drug-likeness (QED) is 0.205. The Balaban J connectivity index is 1.65. The van der Waals surface area contributed by atoms with Crippen LogP contribution in [0.1, 0.15) is 24.6 Å². The minimum Gasteiger partial charge on any atom is -0.375 e. The van der Waals surface area contributed by atoms with Crippen molar-refractivity contribution in [3.63, 3.8) is 0 Å².